The van der Waals surface area contributed by atoms with Gasteiger partial charge in [0.15, 0.2) is 0 Å². The van der Waals surface area contributed by atoms with Gasteiger partial charge in [0, 0.05) is 12.7 Å². The first-order valence-corrected chi connectivity index (χ1v) is 7.09. The van der Waals surface area contributed by atoms with E-state index in [-0.39, 0.29) is 5.41 Å². The van der Waals surface area contributed by atoms with Crippen LogP contribution in [0.5, 0.6) is 0 Å². The first-order chi connectivity index (χ1) is 9.65. The Kier molecular flexibility index (Phi) is 3.27. The van der Waals surface area contributed by atoms with Gasteiger partial charge in [0.2, 0.25) is 0 Å². The summed E-state index contributed by atoms with van der Waals surface area (Å²) in [6, 6.07) is 15.4. The second-order valence-corrected chi connectivity index (χ2v) is 5.72. The van der Waals surface area contributed by atoms with E-state index in [4.69, 9.17) is 4.74 Å². The average Bonchev–Trinajstić information content (AvgIpc) is 2.40. The summed E-state index contributed by atoms with van der Waals surface area (Å²) in [6.07, 6.45) is 0. The Morgan fingerprint density at radius 1 is 1.05 bits per heavy atom. The van der Waals surface area contributed by atoms with Gasteiger partial charge in [-0.05, 0) is 42.7 Å². The van der Waals surface area contributed by atoms with Gasteiger partial charge in [0.1, 0.15) is 0 Å². The molecule has 0 amide bonds. The van der Waals surface area contributed by atoms with Crippen LogP contribution in [-0.4, -0.2) is 20.3 Å². The van der Waals surface area contributed by atoms with Crippen LogP contribution in [0.3, 0.4) is 0 Å². The number of ether oxygens (including phenoxy) is 1. The third kappa shape index (κ3) is 2.01. The molecule has 1 aliphatic heterocycles. The molecular weight excluding hydrogens is 246 g/mol. The Morgan fingerprint density at radius 2 is 1.85 bits per heavy atom. The third-order valence-corrected chi connectivity index (χ3v) is 4.30. The molecule has 0 atom stereocenters. The molecule has 1 N–H and O–H groups in total. The number of aryl methyl sites for hydroxylation is 2. The van der Waals surface area contributed by atoms with Gasteiger partial charge in [-0.2, -0.15) is 0 Å². The maximum Gasteiger partial charge on any atom is 0.0673 e. The van der Waals surface area contributed by atoms with Crippen molar-refractivity contribution in [2.24, 2.45) is 0 Å². The molecule has 104 valence electrons. The van der Waals surface area contributed by atoms with E-state index in [9.17, 15) is 0 Å². The molecule has 0 radical (unpaired) electrons. The summed E-state index contributed by atoms with van der Waals surface area (Å²) >= 11 is 0. The highest BCUT2D eigenvalue weighted by atomic mass is 16.5. The summed E-state index contributed by atoms with van der Waals surface area (Å²) < 4.78 is 5.59. The van der Waals surface area contributed by atoms with Crippen LogP contribution in [0.4, 0.5) is 5.69 Å². The standard InChI is InChI=1S/C18H21NO/c1-13-7-8-17(14(2)9-13)18(11-20-12-18)15-5-4-6-16(10-15)19-3/h4-10,19H,11-12H2,1-3H3. The Morgan fingerprint density at radius 3 is 2.45 bits per heavy atom. The lowest BCUT2D eigenvalue weighted by atomic mass is 9.71. The fourth-order valence-electron chi connectivity index (χ4n) is 3.11. The van der Waals surface area contributed by atoms with Gasteiger partial charge in [-0.15, -0.1) is 0 Å². The SMILES string of the molecule is CNc1cccc(C2(c3ccc(C)cc3C)COC2)c1. The highest BCUT2D eigenvalue weighted by Gasteiger charge is 2.42. The fraction of sp³-hybridized carbons (Fsp3) is 0.333. The van der Waals surface area contributed by atoms with Crippen LogP contribution < -0.4 is 5.32 Å². The lowest BCUT2D eigenvalue weighted by Gasteiger charge is -2.43. The van der Waals surface area contributed by atoms with Crippen LogP contribution in [0, 0.1) is 13.8 Å². The van der Waals surface area contributed by atoms with E-state index in [1.807, 2.05) is 7.05 Å². The molecule has 0 aromatic heterocycles. The number of anilines is 1. The number of benzene rings is 2. The molecule has 0 bridgehead atoms. The second kappa shape index (κ2) is 4.95. The lowest BCUT2D eigenvalue weighted by Crippen LogP contribution is -2.48. The maximum absolute atomic E-state index is 5.59. The van der Waals surface area contributed by atoms with Gasteiger partial charge in [-0.25, -0.2) is 0 Å². The minimum Gasteiger partial charge on any atom is -0.388 e. The molecule has 2 heteroatoms. The maximum atomic E-state index is 5.59. The molecule has 1 saturated heterocycles. The average molecular weight is 267 g/mol. The summed E-state index contributed by atoms with van der Waals surface area (Å²) in [7, 11) is 1.96. The third-order valence-electron chi connectivity index (χ3n) is 4.30. The second-order valence-electron chi connectivity index (χ2n) is 5.72. The van der Waals surface area contributed by atoms with Crippen LogP contribution >= 0.6 is 0 Å². The molecule has 0 aliphatic carbocycles. The monoisotopic (exact) mass is 267 g/mol. The summed E-state index contributed by atoms with van der Waals surface area (Å²) in [5.74, 6) is 0. The van der Waals surface area contributed by atoms with E-state index in [0.29, 0.717) is 0 Å². The summed E-state index contributed by atoms with van der Waals surface area (Å²) in [6.45, 7) is 5.88. The van der Waals surface area contributed by atoms with Crippen molar-refractivity contribution in [3.8, 4) is 0 Å². The van der Waals surface area contributed by atoms with Crippen molar-refractivity contribution in [2.45, 2.75) is 19.3 Å². The molecule has 2 aromatic carbocycles. The summed E-state index contributed by atoms with van der Waals surface area (Å²) in [5, 5.41) is 3.22. The number of hydrogen-bond donors (Lipinski definition) is 1. The normalized spacial score (nSPS) is 16.6. The van der Waals surface area contributed by atoms with Crippen LogP contribution in [0.1, 0.15) is 22.3 Å². The molecule has 3 rings (SSSR count). The van der Waals surface area contributed by atoms with Gasteiger partial charge in [0.25, 0.3) is 0 Å². The van der Waals surface area contributed by atoms with Crippen molar-refractivity contribution < 1.29 is 4.74 Å². The van der Waals surface area contributed by atoms with Gasteiger partial charge >= 0.3 is 0 Å². The molecule has 1 heterocycles. The van der Waals surface area contributed by atoms with E-state index in [2.05, 4.69) is 61.6 Å². The molecule has 0 unspecified atom stereocenters. The van der Waals surface area contributed by atoms with Crippen molar-refractivity contribution in [1.82, 2.24) is 0 Å². The Bertz CT molecular complexity index is 629. The minimum atomic E-state index is 0.0185. The van der Waals surface area contributed by atoms with Crippen molar-refractivity contribution >= 4 is 5.69 Å². The summed E-state index contributed by atoms with van der Waals surface area (Å²) in [5.41, 5.74) is 6.56. The lowest BCUT2D eigenvalue weighted by molar-refractivity contribution is -0.0382. The first kappa shape index (κ1) is 13.2. The molecule has 0 saturated carbocycles. The Hall–Kier alpha value is -1.80. The summed E-state index contributed by atoms with van der Waals surface area (Å²) in [4.78, 5) is 0. The van der Waals surface area contributed by atoms with Gasteiger partial charge in [-0.1, -0.05) is 35.9 Å². The van der Waals surface area contributed by atoms with Crippen LogP contribution in [0.15, 0.2) is 42.5 Å². The van der Waals surface area contributed by atoms with Crippen molar-refractivity contribution in [3.63, 3.8) is 0 Å². The van der Waals surface area contributed by atoms with Crippen LogP contribution in [-0.2, 0) is 10.2 Å². The highest BCUT2D eigenvalue weighted by Crippen LogP contribution is 2.41. The van der Waals surface area contributed by atoms with E-state index in [1.54, 1.807) is 0 Å². The predicted octanol–water partition coefficient (Wildman–Crippen LogP) is 3.66. The first-order valence-electron chi connectivity index (χ1n) is 7.09. The molecule has 2 nitrogen and oxygen atoms in total. The molecule has 1 fully saturated rings. The quantitative estimate of drug-likeness (QED) is 0.916. The van der Waals surface area contributed by atoms with Gasteiger partial charge in [0.05, 0.1) is 18.6 Å². The van der Waals surface area contributed by atoms with E-state index >= 15 is 0 Å². The van der Waals surface area contributed by atoms with Crippen molar-refractivity contribution in [1.29, 1.82) is 0 Å². The fourth-order valence-corrected chi connectivity index (χ4v) is 3.11. The zero-order valence-electron chi connectivity index (χ0n) is 12.4. The Labute approximate surface area is 120 Å². The van der Waals surface area contributed by atoms with E-state index < -0.39 is 0 Å². The molecule has 1 aliphatic rings. The van der Waals surface area contributed by atoms with Crippen molar-refractivity contribution in [2.75, 3.05) is 25.6 Å². The zero-order chi connectivity index (χ0) is 14.2. The zero-order valence-corrected chi connectivity index (χ0v) is 12.4. The largest absolute Gasteiger partial charge is 0.388 e. The van der Waals surface area contributed by atoms with Gasteiger partial charge in [-0.3, -0.25) is 0 Å². The minimum absolute atomic E-state index is 0.0185. The Balaban J connectivity index is 2.11. The number of rotatable bonds is 3. The van der Waals surface area contributed by atoms with Gasteiger partial charge < -0.3 is 10.1 Å². The van der Waals surface area contributed by atoms with Crippen LogP contribution in [0.25, 0.3) is 0 Å². The highest BCUT2D eigenvalue weighted by molar-refractivity contribution is 5.53. The predicted molar refractivity (Wildman–Crippen MR) is 83.5 cm³/mol. The molecule has 2 aromatic rings. The molecule has 20 heavy (non-hydrogen) atoms. The smallest absolute Gasteiger partial charge is 0.0673 e. The van der Waals surface area contributed by atoms with E-state index in [0.717, 1.165) is 18.9 Å². The molecular formula is C18H21NO. The molecule has 0 spiro atoms. The van der Waals surface area contributed by atoms with E-state index in [1.165, 1.54) is 22.3 Å². The topological polar surface area (TPSA) is 21.3 Å². The number of nitrogens with one attached hydrogen (secondary N) is 1. The number of hydrogen-bond acceptors (Lipinski definition) is 2. The van der Waals surface area contributed by atoms with Crippen LogP contribution in [0.2, 0.25) is 0 Å². The van der Waals surface area contributed by atoms with Crippen molar-refractivity contribution in [3.05, 3.63) is 64.7 Å².